The number of hydrogen-bond acceptors (Lipinski definition) is 3. The van der Waals surface area contributed by atoms with Crippen molar-refractivity contribution in [1.29, 1.82) is 0 Å². The molecule has 1 aliphatic rings. The Morgan fingerprint density at radius 1 is 1.17 bits per heavy atom. The molecule has 1 fully saturated rings. The Bertz CT molecular complexity index is 841. The molecule has 2 aromatic rings. The monoisotopic (exact) mass is 427 g/mol. The molecule has 2 heterocycles. The third-order valence-electron chi connectivity index (χ3n) is 5.22. The number of carbonyl (C=O) groups is 1. The van der Waals surface area contributed by atoms with Gasteiger partial charge in [0.15, 0.2) is 5.96 Å². The minimum absolute atomic E-state index is 0.0148. The van der Waals surface area contributed by atoms with Crippen LogP contribution < -0.4 is 16.0 Å². The van der Waals surface area contributed by atoms with Crippen molar-refractivity contribution in [2.24, 2.45) is 4.99 Å². The summed E-state index contributed by atoms with van der Waals surface area (Å²) in [6.07, 6.45) is 2.18. The van der Waals surface area contributed by atoms with Gasteiger partial charge in [-0.3, -0.25) is 0 Å². The second kappa shape index (κ2) is 10.5. The number of carbonyl (C=O) groups excluding carboxylic acids is 1. The summed E-state index contributed by atoms with van der Waals surface area (Å²) in [5.74, 6) is 0.800. The second-order valence-corrected chi connectivity index (χ2v) is 9.18. The number of likely N-dealkylation sites (tertiary alicyclic amines) is 1. The Labute approximate surface area is 183 Å². The molecule has 0 saturated carbocycles. The average molecular weight is 428 g/mol. The zero-order valence-corrected chi connectivity index (χ0v) is 19.0. The Balaban J connectivity index is 1.59. The molecular formula is C23H33N5OS. The first kappa shape index (κ1) is 22.2. The van der Waals surface area contributed by atoms with Crippen LogP contribution in [0.5, 0.6) is 0 Å². The number of anilines is 1. The number of guanidine groups is 1. The van der Waals surface area contributed by atoms with Gasteiger partial charge < -0.3 is 20.9 Å². The van der Waals surface area contributed by atoms with E-state index < -0.39 is 0 Å². The number of rotatable bonds is 7. The van der Waals surface area contributed by atoms with Crippen molar-refractivity contribution in [2.75, 3.05) is 31.5 Å². The molecule has 0 radical (unpaired) electrons. The molecule has 30 heavy (non-hydrogen) atoms. The molecule has 3 N–H and O–H groups in total. The number of thiophene rings is 1. The van der Waals surface area contributed by atoms with E-state index in [1.165, 1.54) is 4.88 Å². The first-order chi connectivity index (χ1) is 14.5. The van der Waals surface area contributed by atoms with Gasteiger partial charge in [0, 0.05) is 42.2 Å². The van der Waals surface area contributed by atoms with Crippen LogP contribution in [-0.4, -0.2) is 43.1 Å². The lowest BCUT2D eigenvalue weighted by atomic mass is 9.91. The number of hydrogen-bond donors (Lipinski definition) is 3. The normalized spacial score (nSPS) is 14.6. The van der Waals surface area contributed by atoms with Gasteiger partial charge in [0.05, 0.1) is 6.54 Å². The molecule has 7 heteroatoms. The van der Waals surface area contributed by atoms with Gasteiger partial charge in [0.1, 0.15) is 0 Å². The minimum Gasteiger partial charge on any atom is -0.357 e. The molecule has 0 aliphatic carbocycles. The van der Waals surface area contributed by atoms with Gasteiger partial charge in [-0.15, -0.1) is 11.3 Å². The maximum Gasteiger partial charge on any atom is 0.321 e. The minimum atomic E-state index is -0.0148. The smallest absolute Gasteiger partial charge is 0.321 e. The van der Waals surface area contributed by atoms with Crippen molar-refractivity contribution < 1.29 is 4.79 Å². The standard InChI is InChI=1S/C23H33N5OS/c1-4-24-21(26-17-23(2,3)20-11-8-14-30-20)25-16-18-9-7-10-19(15-18)27-22(29)28-12-5-6-13-28/h7-11,14-15H,4-6,12-13,16-17H2,1-3H3,(H,27,29)(H2,24,25,26). The van der Waals surface area contributed by atoms with Crippen LogP contribution in [0.1, 0.15) is 44.1 Å². The largest absolute Gasteiger partial charge is 0.357 e. The van der Waals surface area contributed by atoms with Crippen molar-refractivity contribution in [2.45, 2.75) is 45.6 Å². The summed E-state index contributed by atoms with van der Waals surface area (Å²) < 4.78 is 0. The predicted octanol–water partition coefficient (Wildman–Crippen LogP) is 4.41. The molecule has 0 atom stereocenters. The molecule has 0 spiro atoms. The number of amides is 2. The lowest BCUT2D eigenvalue weighted by Crippen LogP contribution is -2.43. The first-order valence-corrected chi connectivity index (χ1v) is 11.6. The van der Waals surface area contributed by atoms with Crippen molar-refractivity contribution in [3.8, 4) is 0 Å². The fourth-order valence-electron chi connectivity index (χ4n) is 3.44. The molecule has 6 nitrogen and oxygen atoms in total. The highest BCUT2D eigenvalue weighted by Gasteiger charge is 2.22. The van der Waals surface area contributed by atoms with Crippen LogP contribution in [0.2, 0.25) is 0 Å². The Morgan fingerprint density at radius 3 is 2.67 bits per heavy atom. The van der Waals surface area contributed by atoms with E-state index in [2.05, 4.69) is 54.2 Å². The molecule has 1 aromatic carbocycles. The molecule has 162 valence electrons. The summed E-state index contributed by atoms with van der Waals surface area (Å²) in [4.78, 5) is 20.3. The van der Waals surface area contributed by atoms with E-state index in [1.54, 1.807) is 11.3 Å². The van der Waals surface area contributed by atoms with Gasteiger partial charge in [-0.1, -0.05) is 32.0 Å². The lowest BCUT2D eigenvalue weighted by molar-refractivity contribution is 0.222. The highest BCUT2D eigenvalue weighted by atomic mass is 32.1. The highest BCUT2D eigenvalue weighted by Crippen LogP contribution is 2.26. The molecule has 0 unspecified atom stereocenters. The van der Waals surface area contributed by atoms with Gasteiger partial charge in [0.2, 0.25) is 0 Å². The highest BCUT2D eigenvalue weighted by molar-refractivity contribution is 7.10. The Kier molecular flexibility index (Phi) is 7.74. The van der Waals surface area contributed by atoms with Gasteiger partial charge >= 0.3 is 6.03 Å². The van der Waals surface area contributed by atoms with Gasteiger partial charge in [-0.05, 0) is 48.9 Å². The summed E-state index contributed by atoms with van der Waals surface area (Å²) in [5, 5.41) is 11.9. The SMILES string of the molecule is CCNC(=NCc1cccc(NC(=O)N2CCCC2)c1)NCC(C)(C)c1cccs1. The van der Waals surface area contributed by atoms with Crippen LogP contribution in [-0.2, 0) is 12.0 Å². The summed E-state index contributed by atoms with van der Waals surface area (Å²) in [5.41, 5.74) is 1.91. The van der Waals surface area contributed by atoms with Gasteiger partial charge in [-0.2, -0.15) is 0 Å². The maximum atomic E-state index is 12.3. The zero-order chi connectivity index (χ0) is 21.4. The van der Waals surface area contributed by atoms with Crippen molar-refractivity contribution in [3.63, 3.8) is 0 Å². The fourth-order valence-corrected chi connectivity index (χ4v) is 4.29. The molecule has 1 aromatic heterocycles. The third-order valence-corrected chi connectivity index (χ3v) is 6.46. The molecule has 2 amide bonds. The van der Waals surface area contributed by atoms with E-state index in [4.69, 9.17) is 4.99 Å². The van der Waals surface area contributed by atoms with Crippen LogP contribution in [0.25, 0.3) is 0 Å². The Morgan fingerprint density at radius 2 is 1.97 bits per heavy atom. The number of benzene rings is 1. The quantitative estimate of drug-likeness (QED) is 0.453. The van der Waals surface area contributed by atoms with E-state index in [0.717, 1.165) is 56.2 Å². The summed E-state index contributed by atoms with van der Waals surface area (Å²) in [6.45, 7) is 10.4. The molecule has 1 aliphatic heterocycles. The van der Waals surface area contributed by atoms with Crippen molar-refractivity contribution in [3.05, 3.63) is 52.2 Å². The van der Waals surface area contributed by atoms with E-state index in [0.29, 0.717) is 6.54 Å². The molecular weight excluding hydrogens is 394 g/mol. The lowest BCUT2D eigenvalue weighted by Gasteiger charge is -2.25. The summed E-state index contributed by atoms with van der Waals surface area (Å²) >= 11 is 1.78. The number of aliphatic imine (C=N–C) groups is 1. The van der Waals surface area contributed by atoms with Crippen LogP contribution in [0.4, 0.5) is 10.5 Å². The Hall–Kier alpha value is -2.54. The third kappa shape index (κ3) is 6.23. The number of nitrogens with one attached hydrogen (secondary N) is 3. The number of nitrogens with zero attached hydrogens (tertiary/aromatic N) is 2. The van der Waals surface area contributed by atoms with Gasteiger partial charge in [-0.25, -0.2) is 9.79 Å². The van der Waals surface area contributed by atoms with Crippen LogP contribution in [0.3, 0.4) is 0 Å². The van der Waals surface area contributed by atoms with E-state index in [-0.39, 0.29) is 11.4 Å². The maximum absolute atomic E-state index is 12.3. The van der Waals surface area contributed by atoms with Crippen LogP contribution in [0, 0.1) is 0 Å². The molecule has 3 rings (SSSR count). The zero-order valence-electron chi connectivity index (χ0n) is 18.2. The van der Waals surface area contributed by atoms with E-state index >= 15 is 0 Å². The fraction of sp³-hybridized carbons (Fsp3) is 0.478. The van der Waals surface area contributed by atoms with Crippen LogP contribution in [0.15, 0.2) is 46.8 Å². The molecule has 0 bridgehead atoms. The van der Waals surface area contributed by atoms with Crippen molar-refractivity contribution in [1.82, 2.24) is 15.5 Å². The van der Waals surface area contributed by atoms with E-state index in [9.17, 15) is 4.79 Å². The van der Waals surface area contributed by atoms with Crippen LogP contribution >= 0.6 is 11.3 Å². The van der Waals surface area contributed by atoms with Crippen molar-refractivity contribution >= 4 is 29.0 Å². The first-order valence-electron chi connectivity index (χ1n) is 10.7. The topological polar surface area (TPSA) is 68.8 Å². The van der Waals surface area contributed by atoms with E-state index in [1.807, 2.05) is 29.2 Å². The summed E-state index contributed by atoms with van der Waals surface area (Å²) in [6, 6.07) is 12.2. The average Bonchev–Trinajstić information content (AvgIpc) is 3.45. The van der Waals surface area contributed by atoms with Gasteiger partial charge in [0.25, 0.3) is 0 Å². The molecule has 1 saturated heterocycles. The predicted molar refractivity (Wildman–Crippen MR) is 126 cm³/mol. The number of urea groups is 1. The second-order valence-electron chi connectivity index (χ2n) is 8.23. The summed E-state index contributed by atoms with van der Waals surface area (Å²) in [7, 11) is 0.